The van der Waals surface area contributed by atoms with Gasteiger partial charge in [0.2, 0.25) is 0 Å². The Bertz CT molecular complexity index is 7.51. The minimum atomic E-state index is 0. The molecule has 0 N–H and O–H groups in total. The Morgan fingerprint density at radius 3 is 0.500 bits per heavy atom. The summed E-state index contributed by atoms with van der Waals surface area (Å²) >= 11 is 0. The molecule has 32 valence electrons. The first-order chi connectivity index (χ1) is 0. The summed E-state index contributed by atoms with van der Waals surface area (Å²) in [5.41, 5.74) is 0. The number of hydrogen-bond acceptors (Lipinski definition) is 0. The molecule has 0 saturated heterocycles. The van der Waals surface area contributed by atoms with E-state index in [0.717, 1.165) is 0 Å². The van der Waals surface area contributed by atoms with E-state index in [-0.39, 0.29) is 65.7 Å². The fourth-order valence-corrected chi connectivity index (χ4v) is 0. The molecule has 6 heavy (non-hydrogen) atoms. The first kappa shape index (κ1) is 178. The molecule has 0 heterocycles. The Morgan fingerprint density at radius 1 is 0.500 bits per heavy atom. The van der Waals surface area contributed by atoms with Crippen molar-refractivity contribution in [1.29, 1.82) is 0 Å². The first-order valence-corrected chi connectivity index (χ1v) is 0. The van der Waals surface area contributed by atoms with E-state index in [1.54, 1.807) is 0 Å². The van der Waals surface area contributed by atoms with Gasteiger partial charge in [-0.3, -0.25) is 0 Å². The first-order valence-electron chi connectivity index (χ1n) is 0. The summed E-state index contributed by atoms with van der Waals surface area (Å²) in [6.07, 6.45) is 0. The van der Waals surface area contributed by atoms with Gasteiger partial charge in [-0.05, 0) is 0 Å². The standard InChI is InChI=1S/Ge.4O.Zr/q+4;4*-2;+4. The van der Waals surface area contributed by atoms with Crippen LogP contribution in [0.25, 0.3) is 0 Å². The molecule has 0 amide bonds. The maximum absolute atomic E-state index is 0. The molecule has 0 aromatic carbocycles. The van der Waals surface area contributed by atoms with Gasteiger partial charge in [0.15, 0.2) is 0 Å². The molecular weight excluding hydrogens is 228 g/mol. The Hall–Kier alpha value is 1.27. The molecule has 0 spiro atoms. The normalized spacial score (nSPS) is 0. The molecular formula is GeO4Zr. The van der Waals surface area contributed by atoms with E-state index in [1.165, 1.54) is 0 Å². The van der Waals surface area contributed by atoms with Gasteiger partial charge in [-0.2, -0.15) is 0 Å². The number of rotatable bonds is 0. The van der Waals surface area contributed by atoms with Gasteiger partial charge in [0.1, 0.15) is 0 Å². The third-order valence-electron chi connectivity index (χ3n) is 0. The van der Waals surface area contributed by atoms with Crippen LogP contribution < -0.4 is 0 Å². The van der Waals surface area contributed by atoms with Gasteiger partial charge in [0.05, 0.1) is 0 Å². The molecule has 0 aromatic rings. The molecule has 0 bridgehead atoms. The van der Waals surface area contributed by atoms with Crippen molar-refractivity contribution in [2.45, 2.75) is 0 Å². The van der Waals surface area contributed by atoms with E-state index in [0.29, 0.717) is 0 Å². The topological polar surface area (TPSA) is 114 Å². The summed E-state index contributed by atoms with van der Waals surface area (Å²) < 4.78 is 0. The van der Waals surface area contributed by atoms with E-state index < -0.39 is 0 Å². The molecule has 0 fully saturated rings. The summed E-state index contributed by atoms with van der Waals surface area (Å²) in [7, 11) is 0. The maximum atomic E-state index is 0. The van der Waals surface area contributed by atoms with Gasteiger partial charge in [0, 0.05) is 0 Å². The Labute approximate surface area is 65.6 Å². The Morgan fingerprint density at radius 2 is 0.500 bits per heavy atom. The molecule has 0 aliphatic carbocycles. The Balaban J connectivity index is 0. The van der Waals surface area contributed by atoms with Crippen molar-refractivity contribution in [1.82, 2.24) is 0 Å². The predicted molar refractivity (Wildman–Crippen MR) is 8.50 cm³/mol. The SMILES string of the molecule is [Ge+4].[O-2].[O-2].[O-2].[O-2].[Zr+4]. The van der Waals surface area contributed by atoms with Crippen molar-refractivity contribution < 1.29 is 48.1 Å². The van der Waals surface area contributed by atoms with Crippen LogP contribution in [0.4, 0.5) is 0 Å². The van der Waals surface area contributed by atoms with Crippen molar-refractivity contribution in [2.75, 3.05) is 0 Å². The van der Waals surface area contributed by atoms with Gasteiger partial charge in [-0.25, -0.2) is 0 Å². The zero-order valence-corrected chi connectivity index (χ0v) is 7.19. The average Bonchev–Trinajstić information content (AvgIpc) is 0. The zero-order chi connectivity index (χ0) is 0. The van der Waals surface area contributed by atoms with Crippen LogP contribution in [0.2, 0.25) is 0 Å². The molecule has 0 aliphatic rings. The second kappa shape index (κ2) is 108. The van der Waals surface area contributed by atoms with E-state index in [2.05, 4.69) is 0 Å². The van der Waals surface area contributed by atoms with Gasteiger partial charge in [-0.15, -0.1) is 0 Å². The summed E-state index contributed by atoms with van der Waals surface area (Å²) in [5, 5.41) is 0. The molecule has 0 atom stereocenters. The second-order valence-corrected chi connectivity index (χ2v) is 0. The van der Waals surface area contributed by atoms with Crippen LogP contribution in [0.3, 0.4) is 0 Å². The largest absolute Gasteiger partial charge is 4.00 e. The molecule has 6 heteroatoms. The van der Waals surface area contributed by atoms with Crippen LogP contribution in [-0.4, -0.2) is 17.6 Å². The van der Waals surface area contributed by atoms with E-state index in [9.17, 15) is 0 Å². The van der Waals surface area contributed by atoms with Crippen molar-refractivity contribution in [2.24, 2.45) is 0 Å². The minimum absolute atomic E-state index is 0. The van der Waals surface area contributed by atoms with Gasteiger partial charge < -0.3 is 21.9 Å². The molecule has 0 rings (SSSR count). The van der Waals surface area contributed by atoms with E-state index >= 15 is 0 Å². The molecule has 0 aliphatic heterocycles. The molecule has 0 aromatic heterocycles. The van der Waals surface area contributed by atoms with Crippen LogP contribution in [0.1, 0.15) is 0 Å². The summed E-state index contributed by atoms with van der Waals surface area (Å²) in [6, 6.07) is 0. The van der Waals surface area contributed by atoms with Crippen LogP contribution >= 0.6 is 0 Å². The van der Waals surface area contributed by atoms with E-state index in [4.69, 9.17) is 0 Å². The zero-order valence-electron chi connectivity index (χ0n) is 2.63. The van der Waals surface area contributed by atoms with Gasteiger partial charge in [0.25, 0.3) is 0 Å². The maximum Gasteiger partial charge on any atom is 4.00 e. The molecule has 0 saturated carbocycles. The summed E-state index contributed by atoms with van der Waals surface area (Å²) in [6.45, 7) is 0. The van der Waals surface area contributed by atoms with Crippen LogP contribution in [0.5, 0.6) is 0 Å². The molecule has 0 unspecified atom stereocenters. The van der Waals surface area contributed by atoms with E-state index in [1.807, 2.05) is 0 Å². The average molecular weight is 228 g/mol. The second-order valence-electron chi connectivity index (χ2n) is 0. The van der Waals surface area contributed by atoms with Crippen molar-refractivity contribution in [3.05, 3.63) is 0 Å². The minimum Gasteiger partial charge on any atom is -2.00 e. The third-order valence-corrected chi connectivity index (χ3v) is 0. The quantitative estimate of drug-likeness (QED) is 0.480. The monoisotopic (exact) mass is 228 g/mol. The molecule has 4 nitrogen and oxygen atoms in total. The number of hydrogen-bond donors (Lipinski definition) is 0. The summed E-state index contributed by atoms with van der Waals surface area (Å²) in [5.74, 6) is 0. The van der Waals surface area contributed by atoms with Crippen molar-refractivity contribution in [3.8, 4) is 0 Å². The fourth-order valence-electron chi connectivity index (χ4n) is 0. The van der Waals surface area contributed by atoms with Crippen LogP contribution in [0, 0.1) is 0 Å². The fraction of sp³-hybridized carbons (Fsp3) is 0. The van der Waals surface area contributed by atoms with Gasteiger partial charge in [-0.1, -0.05) is 0 Å². The van der Waals surface area contributed by atoms with Crippen molar-refractivity contribution in [3.63, 3.8) is 0 Å². The van der Waals surface area contributed by atoms with Crippen LogP contribution in [0.15, 0.2) is 0 Å². The predicted octanol–water partition coefficient (Wildman–Crippen LogP) is -0.859. The smallest absolute Gasteiger partial charge is 2.00 e. The summed E-state index contributed by atoms with van der Waals surface area (Å²) in [4.78, 5) is 0. The van der Waals surface area contributed by atoms with Gasteiger partial charge >= 0.3 is 43.8 Å². The Kier molecular flexibility index (Phi) is 3220. The van der Waals surface area contributed by atoms with Crippen molar-refractivity contribution >= 4 is 17.6 Å². The van der Waals surface area contributed by atoms with Crippen LogP contribution in [-0.2, 0) is 48.1 Å². The third kappa shape index (κ3) is 59.8. The molecule has 0 radical (unpaired) electrons.